The van der Waals surface area contributed by atoms with Crippen LogP contribution >= 0.6 is 15.9 Å². The highest BCUT2D eigenvalue weighted by Gasteiger charge is 2.20. The maximum absolute atomic E-state index is 8.91. The van der Waals surface area contributed by atoms with E-state index in [0.717, 1.165) is 16.1 Å². The number of rotatable bonds is 4. The van der Waals surface area contributed by atoms with Crippen LogP contribution in [0.2, 0.25) is 0 Å². The van der Waals surface area contributed by atoms with E-state index >= 15 is 0 Å². The van der Waals surface area contributed by atoms with Crippen LogP contribution in [0.4, 0.5) is 5.69 Å². The van der Waals surface area contributed by atoms with Crippen LogP contribution in [-0.4, -0.2) is 6.04 Å². The first-order chi connectivity index (χ1) is 9.22. The Hall–Kier alpha value is -1.01. The molecule has 2 rings (SSSR count). The van der Waals surface area contributed by atoms with Gasteiger partial charge in [-0.1, -0.05) is 19.8 Å². The standard InChI is InChI=1S/C16H21BrN2/c1-2-3-12-4-7-14(8-5-12)19-15-9-6-13(11-18)16(17)10-15/h6,9-10,12,14,19H,2-5,7-8H2,1H3. The first-order valence-corrected chi connectivity index (χ1v) is 7.98. The molecule has 1 aromatic carbocycles. The molecular weight excluding hydrogens is 300 g/mol. The molecule has 0 saturated heterocycles. The van der Waals surface area contributed by atoms with E-state index in [1.165, 1.54) is 38.5 Å². The monoisotopic (exact) mass is 320 g/mol. The van der Waals surface area contributed by atoms with Gasteiger partial charge in [-0.25, -0.2) is 0 Å². The fourth-order valence-electron chi connectivity index (χ4n) is 2.93. The number of nitrogens with one attached hydrogen (secondary N) is 1. The van der Waals surface area contributed by atoms with Crippen molar-refractivity contribution < 1.29 is 0 Å². The molecule has 0 amide bonds. The molecule has 0 aliphatic heterocycles. The van der Waals surface area contributed by atoms with Crippen LogP contribution in [0.1, 0.15) is 51.0 Å². The minimum Gasteiger partial charge on any atom is -0.382 e. The molecule has 0 bridgehead atoms. The van der Waals surface area contributed by atoms with Crippen molar-refractivity contribution in [3.8, 4) is 6.07 Å². The zero-order valence-electron chi connectivity index (χ0n) is 11.5. The third-order valence-corrected chi connectivity index (χ3v) is 4.66. The predicted octanol–water partition coefficient (Wildman–Crippen LogP) is 5.09. The Kier molecular flexibility index (Phi) is 5.27. The van der Waals surface area contributed by atoms with E-state index in [-0.39, 0.29) is 0 Å². The highest BCUT2D eigenvalue weighted by molar-refractivity contribution is 9.10. The summed E-state index contributed by atoms with van der Waals surface area (Å²) < 4.78 is 0.875. The van der Waals surface area contributed by atoms with Gasteiger partial charge in [0.1, 0.15) is 6.07 Å². The van der Waals surface area contributed by atoms with E-state index in [4.69, 9.17) is 5.26 Å². The number of hydrogen-bond donors (Lipinski definition) is 1. The van der Waals surface area contributed by atoms with Crippen LogP contribution in [0.3, 0.4) is 0 Å². The summed E-state index contributed by atoms with van der Waals surface area (Å²) in [4.78, 5) is 0. The molecule has 1 N–H and O–H groups in total. The Morgan fingerprint density at radius 2 is 2.05 bits per heavy atom. The Bertz CT molecular complexity index is 456. The van der Waals surface area contributed by atoms with Crippen LogP contribution in [0, 0.1) is 17.2 Å². The van der Waals surface area contributed by atoms with E-state index in [1.54, 1.807) is 0 Å². The van der Waals surface area contributed by atoms with Gasteiger partial charge in [0.25, 0.3) is 0 Å². The fraction of sp³-hybridized carbons (Fsp3) is 0.562. The van der Waals surface area contributed by atoms with Crippen molar-refractivity contribution in [3.63, 3.8) is 0 Å². The number of anilines is 1. The normalized spacial score (nSPS) is 22.8. The lowest BCUT2D eigenvalue weighted by Gasteiger charge is -2.29. The number of halogens is 1. The molecule has 0 atom stereocenters. The smallest absolute Gasteiger partial charge is 0.100 e. The number of benzene rings is 1. The van der Waals surface area contributed by atoms with E-state index in [0.29, 0.717) is 11.6 Å². The van der Waals surface area contributed by atoms with Crippen molar-refractivity contribution in [2.24, 2.45) is 5.92 Å². The van der Waals surface area contributed by atoms with Crippen molar-refractivity contribution >= 4 is 21.6 Å². The van der Waals surface area contributed by atoms with E-state index in [1.807, 2.05) is 18.2 Å². The number of hydrogen-bond acceptors (Lipinski definition) is 2. The molecule has 1 saturated carbocycles. The maximum Gasteiger partial charge on any atom is 0.100 e. The number of nitriles is 1. The average Bonchev–Trinajstić information content (AvgIpc) is 2.42. The highest BCUT2D eigenvalue weighted by atomic mass is 79.9. The molecule has 0 radical (unpaired) electrons. The van der Waals surface area contributed by atoms with Crippen molar-refractivity contribution in [2.75, 3.05) is 5.32 Å². The highest BCUT2D eigenvalue weighted by Crippen LogP contribution is 2.30. The molecule has 2 nitrogen and oxygen atoms in total. The van der Waals surface area contributed by atoms with Crippen molar-refractivity contribution in [1.29, 1.82) is 5.26 Å². The van der Waals surface area contributed by atoms with E-state index in [2.05, 4.69) is 34.2 Å². The minimum absolute atomic E-state index is 0.591. The van der Waals surface area contributed by atoms with Gasteiger partial charge in [0.05, 0.1) is 5.56 Å². The van der Waals surface area contributed by atoms with Gasteiger partial charge in [-0.3, -0.25) is 0 Å². The molecule has 3 heteroatoms. The Labute approximate surface area is 124 Å². The first-order valence-electron chi connectivity index (χ1n) is 7.19. The third-order valence-electron chi connectivity index (χ3n) is 4.00. The molecule has 1 aromatic rings. The summed E-state index contributed by atoms with van der Waals surface area (Å²) in [7, 11) is 0. The molecule has 1 fully saturated rings. The second kappa shape index (κ2) is 6.96. The molecule has 0 spiro atoms. The van der Waals surface area contributed by atoms with Gasteiger partial charge in [-0.15, -0.1) is 0 Å². The summed E-state index contributed by atoms with van der Waals surface area (Å²) in [6, 6.07) is 8.64. The average molecular weight is 321 g/mol. The fourth-order valence-corrected chi connectivity index (χ4v) is 3.40. The first kappa shape index (κ1) is 14.4. The van der Waals surface area contributed by atoms with Crippen LogP contribution in [0.25, 0.3) is 0 Å². The molecule has 0 aromatic heterocycles. The second-order valence-corrected chi connectivity index (χ2v) is 6.31. The molecule has 19 heavy (non-hydrogen) atoms. The Balaban J connectivity index is 1.89. The number of nitrogens with zero attached hydrogens (tertiary/aromatic N) is 1. The van der Waals surface area contributed by atoms with Crippen LogP contribution < -0.4 is 5.32 Å². The van der Waals surface area contributed by atoms with Gasteiger partial charge in [0.2, 0.25) is 0 Å². The Morgan fingerprint density at radius 1 is 1.32 bits per heavy atom. The molecule has 102 valence electrons. The SMILES string of the molecule is CCCC1CCC(Nc2ccc(C#N)c(Br)c2)CC1. The maximum atomic E-state index is 8.91. The second-order valence-electron chi connectivity index (χ2n) is 5.46. The lowest BCUT2D eigenvalue weighted by molar-refractivity contribution is 0.319. The van der Waals surface area contributed by atoms with Gasteiger partial charge >= 0.3 is 0 Å². The summed E-state index contributed by atoms with van der Waals surface area (Å²) in [5.74, 6) is 0.941. The molecular formula is C16H21BrN2. The van der Waals surface area contributed by atoms with Crippen molar-refractivity contribution in [1.82, 2.24) is 0 Å². The zero-order valence-corrected chi connectivity index (χ0v) is 13.0. The van der Waals surface area contributed by atoms with Gasteiger partial charge in [-0.2, -0.15) is 5.26 Å². The summed E-state index contributed by atoms with van der Waals surface area (Å²) in [6.07, 6.45) is 7.93. The van der Waals surface area contributed by atoms with Gasteiger partial charge in [-0.05, 0) is 65.7 Å². The van der Waals surface area contributed by atoms with Crippen molar-refractivity contribution in [3.05, 3.63) is 28.2 Å². The minimum atomic E-state index is 0.591. The summed E-state index contributed by atoms with van der Waals surface area (Å²) in [5, 5.41) is 12.5. The van der Waals surface area contributed by atoms with E-state index < -0.39 is 0 Å². The van der Waals surface area contributed by atoms with Crippen LogP contribution in [-0.2, 0) is 0 Å². The molecule has 0 heterocycles. The van der Waals surface area contributed by atoms with Gasteiger partial charge < -0.3 is 5.32 Å². The van der Waals surface area contributed by atoms with Crippen LogP contribution in [0.5, 0.6) is 0 Å². The quantitative estimate of drug-likeness (QED) is 0.838. The van der Waals surface area contributed by atoms with Crippen molar-refractivity contribution in [2.45, 2.75) is 51.5 Å². The largest absolute Gasteiger partial charge is 0.382 e. The van der Waals surface area contributed by atoms with E-state index in [9.17, 15) is 0 Å². The molecule has 1 aliphatic rings. The summed E-state index contributed by atoms with van der Waals surface area (Å²) >= 11 is 3.44. The van der Waals surface area contributed by atoms with Gasteiger partial charge in [0.15, 0.2) is 0 Å². The lowest BCUT2D eigenvalue weighted by Crippen LogP contribution is -2.26. The summed E-state index contributed by atoms with van der Waals surface area (Å²) in [6.45, 7) is 2.28. The van der Waals surface area contributed by atoms with Gasteiger partial charge in [0, 0.05) is 16.2 Å². The third kappa shape index (κ3) is 3.98. The summed E-state index contributed by atoms with van der Waals surface area (Å²) in [5.41, 5.74) is 1.81. The predicted molar refractivity (Wildman–Crippen MR) is 83.1 cm³/mol. The molecule has 0 unspecified atom stereocenters. The Morgan fingerprint density at radius 3 is 2.63 bits per heavy atom. The van der Waals surface area contributed by atoms with Crippen LogP contribution in [0.15, 0.2) is 22.7 Å². The lowest BCUT2D eigenvalue weighted by atomic mass is 9.83. The molecule has 1 aliphatic carbocycles. The zero-order chi connectivity index (χ0) is 13.7. The topological polar surface area (TPSA) is 35.8 Å².